The highest BCUT2D eigenvalue weighted by atomic mass is 16.5. The van der Waals surface area contributed by atoms with Crippen LogP contribution < -0.4 is 10.1 Å². The summed E-state index contributed by atoms with van der Waals surface area (Å²) in [4.78, 5) is 0. The highest BCUT2D eigenvalue weighted by molar-refractivity contribution is 5.35. The Morgan fingerprint density at radius 1 is 1.40 bits per heavy atom. The van der Waals surface area contributed by atoms with E-state index in [2.05, 4.69) is 18.3 Å². The van der Waals surface area contributed by atoms with Gasteiger partial charge in [-0.05, 0) is 19.0 Å². The Morgan fingerprint density at radius 3 is 2.95 bits per heavy atom. The molecular formula is C16H25NO3. The van der Waals surface area contributed by atoms with Crippen LogP contribution in [0.15, 0.2) is 24.3 Å². The molecule has 1 heterocycles. The molecule has 1 aromatic rings. The molecule has 0 spiro atoms. The summed E-state index contributed by atoms with van der Waals surface area (Å²) < 4.78 is 17.0. The van der Waals surface area contributed by atoms with Gasteiger partial charge >= 0.3 is 0 Å². The van der Waals surface area contributed by atoms with E-state index in [4.69, 9.17) is 14.2 Å². The van der Waals surface area contributed by atoms with Crippen LogP contribution in [0.5, 0.6) is 5.75 Å². The molecule has 0 aliphatic carbocycles. The number of rotatable bonds is 8. The van der Waals surface area contributed by atoms with Crippen LogP contribution in [0.25, 0.3) is 0 Å². The maximum absolute atomic E-state index is 6.13. The highest BCUT2D eigenvalue weighted by Gasteiger charge is 2.21. The van der Waals surface area contributed by atoms with Gasteiger partial charge in [0.25, 0.3) is 0 Å². The molecule has 112 valence electrons. The molecule has 0 aromatic heterocycles. The summed E-state index contributed by atoms with van der Waals surface area (Å²) in [6.45, 7) is 6.25. The average molecular weight is 279 g/mol. The minimum atomic E-state index is 0.0201. The first-order valence-electron chi connectivity index (χ1n) is 7.38. The van der Waals surface area contributed by atoms with Crippen molar-refractivity contribution in [3.8, 4) is 5.75 Å². The van der Waals surface area contributed by atoms with Gasteiger partial charge in [-0.15, -0.1) is 0 Å². The summed E-state index contributed by atoms with van der Waals surface area (Å²) in [6.07, 6.45) is 1.12. The van der Waals surface area contributed by atoms with Gasteiger partial charge in [0.05, 0.1) is 26.4 Å². The quantitative estimate of drug-likeness (QED) is 0.793. The van der Waals surface area contributed by atoms with Crippen LogP contribution in [0, 0.1) is 5.92 Å². The minimum Gasteiger partial charge on any atom is -0.496 e. The first-order chi connectivity index (χ1) is 9.85. The van der Waals surface area contributed by atoms with Crippen molar-refractivity contribution in [3.63, 3.8) is 0 Å². The Balaban J connectivity index is 2.01. The molecule has 1 fully saturated rings. The average Bonchev–Trinajstić information content (AvgIpc) is 3.01. The fraction of sp³-hybridized carbons (Fsp3) is 0.625. The third-order valence-corrected chi connectivity index (χ3v) is 3.62. The molecule has 2 rings (SSSR count). The molecule has 0 saturated carbocycles. The molecule has 1 aromatic carbocycles. The van der Waals surface area contributed by atoms with Crippen LogP contribution in [0.4, 0.5) is 0 Å². The van der Waals surface area contributed by atoms with Gasteiger partial charge < -0.3 is 19.5 Å². The van der Waals surface area contributed by atoms with Gasteiger partial charge in [0.2, 0.25) is 0 Å². The van der Waals surface area contributed by atoms with Crippen LogP contribution >= 0.6 is 0 Å². The molecule has 1 aliphatic rings. The second-order valence-corrected chi connectivity index (χ2v) is 5.10. The third kappa shape index (κ3) is 4.20. The summed E-state index contributed by atoms with van der Waals surface area (Å²) in [7, 11) is 1.70. The SMILES string of the molecule is CCNCC(OCC1CCOC1)c1ccccc1OC. The lowest BCUT2D eigenvalue weighted by Gasteiger charge is -2.22. The number of methoxy groups -OCH3 is 1. The Kier molecular flexibility index (Phi) is 6.30. The largest absolute Gasteiger partial charge is 0.496 e. The Hall–Kier alpha value is -1.10. The molecule has 1 saturated heterocycles. The van der Waals surface area contributed by atoms with E-state index in [0.29, 0.717) is 5.92 Å². The van der Waals surface area contributed by atoms with Gasteiger partial charge in [-0.1, -0.05) is 25.1 Å². The van der Waals surface area contributed by atoms with Crippen molar-refractivity contribution in [1.29, 1.82) is 0 Å². The van der Waals surface area contributed by atoms with Gasteiger partial charge in [-0.3, -0.25) is 0 Å². The van der Waals surface area contributed by atoms with E-state index in [1.807, 2.05) is 18.2 Å². The molecule has 4 heteroatoms. The second-order valence-electron chi connectivity index (χ2n) is 5.10. The standard InChI is InChI=1S/C16H25NO3/c1-3-17-10-16(20-12-13-8-9-19-11-13)14-6-4-5-7-15(14)18-2/h4-7,13,16-17H,3,8-12H2,1-2H3. The smallest absolute Gasteiger partial charge is 0.124 e. The molecule has 0 radical (unpaired) electrons. The Morgan fingerprint density at radius 2 is 2.25 bits per heavy atom. The number of nitrogens with one attached hydrogen (secondary N) is 1. The van der Waals surface area contributed by atoms with Crippen molar-refractivity contribution < 1.29 is 14.2 Å². The van der Waals surface area contributed by atoms with Crippen LogP contribution in [0.3, 0.4) is 0 Å². The van der Waals surface area contributed by atoms with E-state index in [9.17, 15) is 0 Å². The van der Waals surface area contributed by atoms with Gasteiger partial charge in [-0.2, -0.15) is 0 Å². The predicted octanol–water partition coefficient (Wildman–Crippen LogP) is 2.40. The van der Waals surface area contributed by atoms with Crippen LogP contribution in [0.2, 0.25) is 0 Å². The second kappa shape index (κ2) is 8.25. The lowest BCUT2D eigenvalue weighted by molar-refractivity contribution is 0.0244. The van der Waals surface area contributed by atoms with Crippen LogP contribution in [-0.4, -0.2) is 40.0 Å². The zero-order chi connectivity index (χ0) is 14.2. The molecule has 0 bridgehead atoms. The Labute approximate surface area is 121 Å². The lowest BCUT2D eigenvalue weighted by Crippen LogP contribution is -2.25. The predicted molar refractivity (Wildman–Crippen MR) is 79.2 cm³/mol. The van der Waals surface area contributed by atoms with E-state index >= 15 is 0 Å². The van der Waals surface area contributed by atoms with Crippen molar-refractivity contribution in [3.05, 3.63) is 29.8 Å². The van der Waals surface area contributed by atoms with Crippen LogP contribution in [-0.2, 0) is 9.47 Å². The number of para-hydroxylation sites is 1. The normalized spacial score (nSPS) is 20.0. The van der Waals surface area contributed by atoms with Crippen LogP contribution in [0.1, 0.15) is 25.0 Å². The molecule has 4 nitrogen and oxygen atoms in total. The number of hydrogen-bond donors (Lipinski definition) is 1. The first-order valence-corrected chi connectivity index (χ1v) is 7.38. The molecule has 2 unspecified atom stereocenters. The maximum atomic E-state index is 6.13. The van der Waals surface area contributed by atoms with Crippen molar-refractivity contribution in [2.75, 3.05) is 40.0 Å². The topological polar surface area (TPSA) is 39.7 Å². The van der Waals surface area contributed by atoms with E-state index in [1.165, 1.54) is 0 Å². The molecule has 0 amide bonds. The van der Waals surface area contributed by atoms with Gasteiger partial charge in [0.15, 0.2) is 0 Å². The van der Waals surface area contributed by atoms with Gasteiger partial charge in [0.1, 0.15) is 5.75 Å². The number of likely N-dealkylation sites (N-methyl/N-ethyl adjacent to an activating group) is 1. The van der Waals surface area contributed by atoms with E-state index in [0.717, 1.165) is 50.6 Å². The minimum absolute atomic E-state index is 0.0201. The summed E-state index contributed by atoms with van der Waals surface area (Å²) in [6, 6.07) is 8.07. The summed E-state index contributed by atoms with van der Waals surface area (Å²) in [5.41, 5.74) is 1.11. The molecule has 1 aliphatic heterocycles. The highest BCUT2D eigenvalue weighted by Crippen LogP contribution is 2.28. The number of benzene rings is 1. The van der Waals surface area contributed by atoms with E-state index < -0.39 is 0 Å². The molecular weight excluding hydrogens is 254 g/mol. The summed E-state index contributed by atoms with van der Waals surface area (Å²) in [5.74, 6) is 1.41. The number of hydrogen-bond acceptors (Lipinski definition) is 4. The maximum Gasteiger partial charge on any atom is 0.124 e. The van der Waals surface area contributed by atoms with Gasteiger partial charge in [0, 0.05) is 24.6 Å². The zero-order valence-corrected chi connectivity index (χ0v) is 12.4. The molecule has 20 heavy (non-hydrogen) atoms. The van der Waals surface area contributed by atoms with E-state index in [-0.39, 0.29) is 6.10 Å². The zero-order valence-electron chi connectivity index (χ0n) is 12.4. The van der Waals surface area contributed by atoms with Gasteiger partial charge in [-0.25, -0.2) is 0 Å². The Bertz CT molecular complexity index is 391. The monoisotopic (exact) mass is 279 g/mol. The fourth-order valence-electron chi connectivity index (χ4n) is 2.43. The van der Waals surface area contributed by atoms with Crippen molar-refractivity contribution in [1.82, 2.24) is 5.32 Å². The number of ether oxygens (including phenoxy) is 3. The van der Waals surface area contributed by atoms with E-state index in [1.54, 1.807) is 7.11 Å². The third-order valence-electron chi connectivity index (χ3n) is 3.62. The fourth-order valence-corrected chi connectivity index (χ4v) is 2.43. The lowest BCUT2D eigenvalue weighted by atomic mass is 10.1. The first kappa shape index (κ1) is 15.3. The van der Waals surface area contributed by atoms with Crippen molar-refractivity contribution in [2.45, 2.75) is 19.4 Å². The summed E-state index contributed by atoms with van der Waals surface area (Å²) >= 11 is 0. The van der Waals surface area contributed by atoms with Crippen molar-refractivity contribution >= 4 is 0 Å². The molecule has 2 atom stereocenters. The van der Waals surface area contributed by atoms with Crippen molar-refractivity contribution in [2.24, 2.45) is 5.92 Å². The summed E-state index contributed by atoms with van der Waals surface area (Å²) in [5, 5.41) is 3.36. The molecule has 1 N–H and O–H groups in total.